The largest absolute Gasteiger partial charge is 0.494 e. The molecule has 0 radical (unpaired) electrons. The molecule has 6 rings (SSSR count). The standard InChI is InChI=1S/C42H48N4O6S2/c1-25(2)30-21-34(26(3)4)40(35(22-30)27(5)6)54(49,50)43-19-18-28-8-14-32(15-9-28)52-33-16-17-36-37(23-33)46(7)39(44-36)24-51-31-12-10-29(11-13-31)20-38-41(47)45-42(48)53-38/h8-17,21-23,25-27,43,47H,18-20,24H2,1-7H3,(H,45,48). The molecule has 3 N–H and O–H groups in total. The first kappa shape index (κ1) is 38.8. The van der Waals surface area contributed by atoms with Crippen LogP contribution in [0, 0.1) is 0 Å². The molecule has 0 unspecified atom stereocenters. The third kappa shape index (κ3) is 8.89. The number of hydrogen-bond acceptors (Lipinski definition) is 8. The van der Waals surface area contributed by atoms with Gasteiger partial charge < -0.3 is 19.1 Å². The van der Waals surface area contributed by atoms with Crippen LogP contribution in [0.5, 0.6) is 23.1 Å². The second-order valence-corrected chi connectivity index (χ2v) is 17.3. The number of aromatic amines is 1. The van der Waals surface area contributed by atoms with Crippen molar-refractivity contribution < 1.29 is 23.0 Å². The zero-order valence-electron chi connectivity index (χ0n) is 31.8. The molecule has 6 aromatic rings. The smallest absolute Gasteiger partial charge is 0.307 e. The van der Waals surface area contributed by atoms with Crippen molar-refractivity contribution in [3.63, 3.8) is 0 Å². The summed E-state index contributed by atoms with van der Waals surface area (Å²) < 4.78 is 44.6. The third-order valence-electron chi connectivity index (χ3n) is 9.51. The van der Waals surface area contributed by atoms with Gasteiger partial charge in [0.1, 0.15) is 29.7 Å². The van der Waals surface area contributed by atoms with E-state index in [1.165, 1.54) is 0 Å². The van der Waals surface area contributed by atoms with Crippen LogP contribution in [0.2, 0.25) is 0 Å². The second-order valence-electron chi connectivity index (χ2n) is 14.5. The number of sulfonamides is 1. The number of fused-ring (bicyclic) bond motifs is 1. The van der Waals surface area contributed by atoms with Crippen molar-refractivity contribution in [2.75, 3.05) is 6.54 Å². The highest BCUT2D eigenvalue weighted by Gasteiger charge is 2.26. The Kier molecular flexibility index (Phi) is 11.7. The van der Waals surface area contributed by atoms with E-state index in [2.05, 4.69) is 35.7 Å². The van der Waals surface area contributed by atoms with Gasteiger partial charge in [0.2, 0.25) is 15.9 Å². The highest BCUT2D eigenvalue weighted by molar-refractivity contribution is 7.89. The lowest BCUT2D eigenvalue weighted by molar-refractivity contribution is 0.292. The lowest BCUT2D eigenvalue weighted by Crippen LogP contribution is -2.28. The maximum absolute atomic E-state index is 13.7. The molecule has 284 valence electrons. The van der Waals surface area contributed by atoms with Crippen LogP contribution in [0.15, 0.2) is 88.6 Å². The zero-order valence-corrected chi connectivity index (χ0v) is 33.4. The van der Waals surface area contributed by atoms with E-state index in [4.69, 9.17) is 14.5 Å². The molecular formula is C42H48N4O6S2. The molecule has 4 aromatic carbocycles. The summed E-state index contributed by atoms with van der Waals surface area (Å²) in [6.45, 7) is 13.0. The number of aromatic hydroxyl groups is 1. The number of nitrogens with zero attached hydrogens (tertiary/aromatic N) is 2. The summed E-state index contributed by atoms with van der Waals surface area (Å²) in [4.78, 5) is 19.4. The van der Waals surface area contributed by atoms with Gasteiger partial charge in [-0.25, -0.2) is 18.1 Å². The number of aryl methyl sites for hydroxylation is 1. The van der Waals surface area contributed by atoms with Crippen LogP contribution in [0.4, 0.5) is 0 Å². The molecule has 0 spiro atoms. The number of imidazole rings is 1. The summed E-state index contributed by atoms with van der Waals surface area (Å²) in [6, 6.07) is 25.1. The lowest BCUT2D eigenvalue weighted by atomic mass is 9.89. The number of benzene rings is 4. The molecule has 0 saturated carbocycles. The van der Waals surface area contributed by atoms with E-state index in [0.717, 1.165) is 56.0 Å². The zero-order chi connectivity index (χ0) is 38.7. The van der Waals surface area contributed by atoms with Crippen molar-refractivity contribution in [2.24, 2.45) is 7.05 Å². The highest BCUT2D eigenvalue weighted by atomic mass is 32.2. The van der Waals surface area contributed by atoms with Gasteiger partial charge >= 0.3 is 4.87 Å². The van der Waals surface area contributed by atoms with Gasteiger partial charge in [0, 0.05) is 26.1 Å². The van der Waals surface area contributed by atoms with Crippen molar-refractivity contribution in [3.05, 3.63) is 127 Å². The Bertz CT molecular complexity index is 2380. The lowest BCUT2D eigenvalue weighted by Gasteiger charge is -2.23. The van der Waals surface area contributed by atoms with Crippen LogP contribution in [0.25, 0.3) is 11.0 Å². The minimum absolute atomic E-state index is 0.0705. The van der Waals surface area contributed by atoms with Crippen LogP contribution in [0.3, 0.4) is 0 Å². The van der Waals surface area contributed by atoms with Crippen LogP contribution >= 0.6 is 11.3 Å². The number of aromatic nitrogens is 3. The SMILES string of the molecule is CC(C)c1cc(C(C)C)c(S(=O)(=O)NCCc2ccc(Oc3ccc4nc(COc5ccc(Cc6sc(=O)[nH]c6O)cc5)n(C)c4c3)cc2)c(C(C)C)c1. The van der Waals surface area contributed by atoms with Crippen LogP contribution in [0.1, 0.15) is 97.8 Å². The Morgan fingerprint density at radius 2 is 1.44 bits per heavy atom. The number of thiazole rings is 1. The van der Waals surface area contributed by atoms with E-state index in [-0.39, 0.29) is 35.7 Å². The summed E-state index contributed by atoms with van der Waals surface area (Å²) in [5.74, 6) is 3.13. The molecule has 0 aliphatic heterocycles. The Morgan fingerprint density at radius 1 is 0.833 bits per heavy atom. The van der Waals surface area contributed by atoms with Crippen LogP contribution in [-0.2, 0) is 36.5 Å². The third-order valence-corrected chi connectivity index (χ3v) is 12.0. The Morgan fingerprint density at radius 3 is 2.04 bits per heavy atom. The molecule has 0 atom stereocenters. The second kappa shape index (κ2) is 16.2. The van der Waals surface area contributed by atoms with Crippen molar-refractivity contribution >= 4 is 32.4 Å². The Balaban J connectivity index is 1.05. The summed E-state index contributed by atoms with van der Waals surface area (Å²) in [5, 5.41) is 9.86. The molecule has 12 heteroatoms. The Labute approximate surface area is 320 Å². The first-order valence-electron chi connectivity index (χ1n) is 18.2. The van der Waals surface area contributed by atoms with Gasteiger partial charge in [0.15, 0.2) is 0 Å². The summed E-state index contributed by atoms with van der Waals surface area (Å²) >= 11 is 1.000. The fraction of sp³-hybridized carbons (Fsp3) is 0.333. The van der Waals surface area contributed by atoms with E-state index in [1.54, 1.807) is 0 Å². The predicted octanol–water partition coefficient (Wildman–Crippen LogP) is 8.88. The predicted molar refractivity (Wildman–Crippen MR) is 215 cm³/mol. The molecular weight excluding hydrogens is 721 g/mol. The van der Waals surface area contributed by atoms with Crippen molar-refractivity contribution in [2.45, 2.75) is 83.6 Å². The van der Waals surface area contributed by atoms with Crippen molar-refractivity contribution in [3.8, 4) is 23.1 Å². The summed E-state index contributed by atoms with van der Waals surface area (Å²) in [7, 11) is -1.79. The Hall–Kier alpha value is -4.91. The van der Waals surface area contributed by atoms with E-state index < -0.39 is 10.0 Å². The van der Waals surface area contributed by atoms with Gasteiger partial charge in [-0.15, -0.1) is 0 Å². The van der Waals surface area contributed by atoms with E-state index in [1.807, 2.05) is 106 Å². The minimum Gasteiger partial charge on any atom is -0.494 e. The average molecular weight is 769 g/mol. The molecule has 0 bridgehead atoms. The molecule has 2 heterocycles. The van der Waals surface area contributed by atoms with Crippen molar-refractivity contribution in [1.82, 2.24) is 19.3 Å². The summed E-state index contributed by atoms with van der Waals surface area (Å²) in [6.07, 6.45) is 0.988. The van der Waals surface area contributed by atoms with Gasteiger partial charge in [-0.05, 0) is 88.4 Å². The van der Waals surface area contributed by atoms with Gasteiger partial charge in [-0.2, -0.15) is 0 Å². The highest BCUT2D eigenvalue weighted by Crippen LogP contribution is 2.35. The van der Waals surface area contributed by atoms with E-state index in [9.17, 15) is 18.3 Å². The number of ether oxygens (including phenoxy) is 2. The fourth-order valence-electron chi connectivity index (χ4n) is 6.38. The maximum atomic E-state index is 13.7. The first-order valence-corrected chi connectivity index (χ1v) is 20.5. The van der Waals surface area contributed by atoms with E-state index >= 15 is 0 Å². The average Bonchev–Trinajstić information content (AvgIpc) is 3.62. The quantitative estimate of drug-likeness (QED) is 0.0950. The molecule has 0 amide bonds. The normalized spacial score (nSPS) is 12.0. The van der Waals surface area contributed by atoms with Gasteiger partial charge in [0.25, 0.3) is 0 Å². The number of H-pyrrole nitrogens is 1. The van der Waals surface area contributed by atoms with Crippen molar-refractivity contribution in [1.29, 1.82) is 0 Å². The molecule has 10 nitrogen and oxygen atoms in total. The van der Waals surface area contributed by atoms with Gasteiger partial charge in [-0.1, -0.05) is 89.3 Å². The molecule has 0 saturated heterocycles. The first-order chi connectivity index (χ1) is 25.7. The minimum atomic E-state index is -3.73. The molecule has 0 aliphatic rings. The van der Waals surface area contributed by atoms with E-state index in [0.29, 0.717) is 45.8 Å². The maximum Gasteiger partial charge on any atom is 0.307 e. The summed E-state index contributed by atoms with van der Waals surface area (Å²) in [5.41, 5.74) is 6.55. The molecule has 0 fully saturated rings. The fourth-order valence-corrected chi connectivity index (χ4v) is 8.87. The number of nitrogens with one attached hydrogen (secondary N) is 2. The van der Waals surface area contributed by atoms with Gasteiger partial charge in [-0.3, -0.25) is 9.78 Å². The van der Waals surface area contributed by atoms with Crippen LogP contribution in [-0.4, -0.2) is 34.6 Å². The molecule has 54 heavy (non-hydrogen) atoms. The monoisotopic (exact) mass is 768 g/mol. The number of rotatable bonds is 15. The molecule has 2 aromatic heterocycles. The molecule has 0 aliphatic carbocycles. The number of hydrogen-bond donors (Lipinski definition) is 3. The van der Waals surface area contributed by atoms with Gasteiger partial charge in [0.05, 0.1) is 20.8 Å². The van der Waals surface area contributed by atoms with Crippen LogP contribution < -0.4 is 19.1 Å². The topological polar surface area (TPSA) is 136 Å².